The molecule has 14 heteroatoms. The third-order valence-corrected chi connectivity index (χ3v) is 8.87. The number of primary amides is 1. The lowest BCUT2D eigenvalue weighted by Gasteiger charge is -2.28. The molecule has 3 aromatic heterocycles. The number of rotatable bonds is 13. The number of alkyl halides is 3. The number of nitrogens with zero attached hydrogens (tertiary/aromatic N) is 6. The van der Waals surface area contributed by atoms with E-state index in [1.54, 1.807) is 45.4 Å². The number of nitrogens with two attached hydrogens (primary N) is 1. The Labute approximate surface area is 309 Å². The van der Waals surface area contributed by atoms with Crippen LogP contribution in [-0.2, 0) is 25.8 Å². The Kier molecular flexibility index (Phi) is 11.0. The third-order valence-electron chi connectivity index (χ3n) is 8.87. The molecule has 1 atom stereocenters. The van der Waals surface area contributed by atoms with E-state index < -0.39 is 29.6 Å². The first-order chi connectivity index (χ1) is 25.9. The first kappa shape index (κ1) is 37.2. The fourth-order valence-electron chi connectivity index (χ4n) is 5.91. The van der Waals surface area contributed by atoms with E-state index in [9.17, 15) is 22.8 Å². The van der Waals surface area contributed by atoms with Gasteiger partial charge in [-0.3, -0.25) is 14.6 Å². The lowest BCUT2D eigenvalue weighted by atomic mass is 10.0. The maximum Gasteiger partial charge on any atom is 0.417 e. The summed E-state index contributed by atoms with van der Waals surface area (Å²) >= 11 is 0. The van der Waals surface area contributed by atoms with E-state index >= 15 is 0 Å². The van der Waals surface area contributed by atoms with Gasteiger partial charge in [0, 0.05) is 42.6 Å². The first-order valence-corrected chi connectivity index (χ1v) is 16.8. The number of pyridine rings is 2. The summed E-state index contributed by atoms with van der Waals surface area (Å²) in [6, 6.07) is 24.7. The van der Waals surface area contributed by atoms with Crippen LogP contribution in [0.4, 0.5) is 19.0 Å². The van der Waals surface area contributed by atoms with Crippen molar-refractivity contribution in [2.75, 3.05) is 19.1 Å². The number of halogens is 3. The van der Waals surface area contributed by atoms with Crippen molar-refractivity contribution in [1.82, 2.24) is 24.8 Å². The van der Waals surface area contributed by atoms with Gasteiger partial charge in [-0.2, -0.15) is 13.2 Å². The molecule has 0 fully saturated rings. The SMILES string of the molecule is COc1ccc(CN(Cc2ccc(OC)cc2)c2cc(C(N)=O)c3cc(C(=O)N(Cc4ccc(C(F)(F)F)cn4)C(C)c4ncccn4)ccc3n2)cc1. The van der Waals surface area contributed by atoms with E-state index in [1.165, 1.54) is 29.4 Å². The monoisotopic (exact) mass is 735 g/mol. The second-order valence-corrected chi connectivity index (χ2v) is 12.4. The molecule has 3 aromatic carbocycles. The quantitative estimate of drug-likeness (QED) is 0.131. The van der Waals surface area contributed by atoms with Crippen molar-refractivity contribution in [3.8, 4) is 11.5 Å². The van der Waals surface area contributed by atoms with Gasteiger partial charge in [-0.15, -0.1) is 0 Å². The second kappa shape index (κ2) is 16.0. The van der Waals surface area contributed by atoms with E-state index in [1.807, 2.05) is 53.4 Å². The van der Waals surface area contributed by atoms with Crippen LogP contribution in [0.25, 0.3) is 10.9 Å². The molecule has 0 bridgehead atoms. The number of amides is 2. The Bertz CT molecular complexity index is 2190. The van der Waals surface area contributed by atoms with Crippen LogP contribution >= 0.6 is 0 Å². The fourth-order valence-corrected chi connectivity index (χ4v) is 5.91. The average Bonchev–Trinajstić information content (AvgIpc) is 3.19. The molecule has 11 nitrogen and oxygen atoms in total. The zero-order valence-electron chi connectivity index (χ0n) is 29.6. The largest absolute Gasteiger partial charge is 0.497 e. The molecule has 1 unspecified atom stereocenters. The highest BCUT2D eigenvalue weighted by molar-refractivity contribution is 6.08. The topological polar surface area (TPSA) is 137 Å². The van der Waals surface area contributed by atoms with Gasteiger partial charge in [-0.05, 0) is 84.8 Å². The molecule has 6 rings (SSSR count). The Balaban J connectivity index is 1.38. The normalized spacial score (nSPS) is 11.9. The molecule has 0 saturated heterocycles. The number of hydrogen-bond donors (Lipinski definition) is 1. The van der Waals surface area contributed by atoms with Crippen molar-refractivity contribution in [3.63, 3.8) is 0 Å². The summed E-state index contributed by atoms with van der Waals surface area (Å²) in [5.74, 6) is 0.997. The Morgan fingerprint density at radius 2 is 1.41 bits per heavy atom. The van der Waals surface area contributed by atoms with Crippen molar-refractivity contribution in [3.05, 3.63) is 149 Å². The number of fused-ring (bicyclic) bond motifs is 1. The van der Waals surface area contributed by atoms with Gasteiger partial charge in [-0.25, -0.2) is 15.0 Å². The highest BCUT2D eigenvalue weighted by Crippen LogP contribution is 2.31. The molecule has 2 N–H and O–H groups in total. The second-order valence-electron chi connectivity index (χ2n) is 12.4. The lowest BCUT2D eigenvalue weighted by Crippen LogP contribution is -2.34. The van der Waals surface area contributed by atoms with Crippen LogP contribution in [-0.4, -0.2) is 50.9 Å². The van der Waals surface area contributed by atoms with Crippen molar-refractivity contribution in [1.29, 1.82) is 0 Å². The van der Waals surface area contributed by atoms with Crippen LogP contribution in [0, 0.1) is 0 Å². The standard InChI is InChI=1S/C40H36F3N7O4/c1-25(38-45-17-4-18-46-38)50(24-30-11-10-29(21-47-30)40(41,42)43)39(52)28-9-16-35-33(19-28)34(37(44)51)20-36(48-35)49(22-26-5-12-31(53-2)13-6-26)23-27-7-14-32(54-3)15-8-27/h4-21,25H,22-24H2,1-3H3,(H2,44,51). The molecule has 0 aliphatic rings. The Morgan fingerprint density at radius 1 is 0.796 bits per heavy atom. The lowest BCUT2D eigenvalue weighted by molar-refractivity contribution is -0.137. The summed E-state index contributed by atoms with van der Waals surface area (Å²) in [5, 5.41) is 0.349. The van der Waals surface area contributed by atoms with Crippen LogP contribution in [0.5, 0.6) is 11.5 Å². The number of carbonyl (C=O) groups is 2. The molecule has 54 heavy (non-hydrogen) atoms. The number of benzene rings is 3. The summed E-state index contributed by atoms with van der Waals surface area (Å²) in [7, 11) is 3.20. The number of ether oxygens (including phenoxy) is 2. The number of anilines is 1. The molecular weight excluding hydrogens is 699 g/mol. The summed E-state index contributed by atoms with van der Waals surface area (Å²) < 4.78 is 50.4. The number of methoxy groups -OCH3 is 2. The van der Waals surface area contributed by atoms with Gasteiger partial charge in [0.05, 0.1) is 49.1 Å². The number of carbonyl (C=O) groups excluding carboxylic acids is 2. The zero-order chi connectivity index (χ0) is 38.4. The predicted molar refractivity (Wildman–Crippen MR) is 196 cm³/mol. The molecule has 0 aliphatic carbocycles. The van der Waals surface area contributed by atoms with Gasteiger partial charge >= 0.3 is 6.18 Å². The van der Waals surface area contributed by atoms with E-state index in [-0.39, 0.29) is 23.4 Å². The van der Waals surface area contributed by atoms with Gasteiger partial charge < -0.3 is 25.0 Å². The smallest absolute Gasteiger partial charge is 0.417 e. The summed E-state index contributed by atoms with van der Waals surface area (Å²) in [6.45, 7) is 2.41. The minimum atomic E-state index is -4.56. The molecule has 0 saturated carbocycles. The maximum absolute atomic E-state index is 14.3. The predicted octanol–water partition coefficient (Wildman–Crippen LogP) is 7.17. The number of aromatic nitrogens is 4. The zero-order valence-corrected chi connectivity index (χ0v) is 29.6. The van der Waals surface area contributed by atoms with Crippen LogP contribution in [0.3, 0.4) is 0 Å². The molecule has 6 aromatic rings. The molecule has 3 heterocycles. The molecule has 0 aliphatic heterocycles. The molecule has 0 spiro atoms. The average molecular weight is 736 g/mol. The van der Waals surface area contributed by atoms with Gasteiger partial charge in [-0.1, -0.05) is 24.3 Å². The minimum Gasteiger partial charge on any atom is -0.497 e. The van der Waals surface area contributed by atoms with Gasteiger partial charge in [0.2, 0.25) is 5.91 Å². The molecule has 2 amide bonds. The highest BCUT2D eigenvalue weighted by Gasteiger charge is 2.31. The maximum atomic E-state index is 14.3. The van der Waals surface area contributed by atoms with Crippen LogP contribution in [0.15, 0.2) is 110 Å². The van der Waals surface area contributed by atoms with Crippen molar-refractivity contribution < 1.29 is 32.2 Å². The third kappa shape index (κ3) is 8.55. The first-order valence-electron chi connectivity index (χ1n) is 16.8. The highest BCUT2D eigenvalue weighted by atomic mass is 19.4. The molecule has 276 valence electrons. The van der Waals surface area contributed by atoms with E-state index in [2.05, 4.69) is 15.0 Å². The summed E-state index contributed by atoms with van der Waals surface area (Å²) in [5.41, 5.74) is 7.95. The van der Waals surface area contributed by atoms with Crippen molar-refractivity contribution in [2.45, 2.75) is 38.8 Å². The van der Waals surface area contributed by atoms with Gasteiger partial charge in [0.15, 0.2) is 0 Å². The van der Waals surface area contributed by atoms with E-state index in [0.717, 1.165) is 23.4 Å². The van der Waals surface area contributed by atoms with E-state index in [4.69, 9.17) is 20.2 Å². The van der Waals surface area contributed by atoms with Crippen LogP contribution in [0.1, 0.15) is 61.9 Å². The summed E-state index contributed by atoms with van der Waals surface area (Å²) in [6.07, 6.45) is -0.774. The van der Waals surface area contributed by atoms with Gasteiger partial charge in [0.1, 0.15) is 23.1 Å². The van der Waals surface area contributed by atoms with Crippen LogP contribution in [0.2, 0.25) is 0 Å². The Hall–Kier alpha value is -6.57. The van der Waals surface area contributed by atoms with Crippen molar-refractivity contribution >= 4 is 28.5 Å². The van der Waals surface area contributed by atoms with Gasteiger partial charge in [0.25, 0.3) is 5.91 Å². The molecular formula is C40H36F3N7O4. The van der Waals surface area contributed by atoms with Crippen LogP contribution < -0.4 is 20.1 Å². The Morgan fingerprint density at radius 3 is 1.93 bits per heavy atom. The minimum absolute atomic E-state index is 0.148. The molecule has 0 radical (unpaired) electrons. The number of hydrogen-bond acceptors (Lipinski definition) is 9. The van der Waals surface area contributed by atoms with E-state index in [0.29, 0.717) is 47.1 Å². The van der Waals surface area contributed by atoms with Crippen molar-refractivity contribution in [2.24, 2.45) is 5.73 Å². The summed E-state index contributed by atoms with van der Waals surface area (Å²) in [4.78, 5) is 48.2. The fraction of sp³-hybridized carbons (Fsp3) is 0.200.